The summed E-state index contributed by atoms with van der Waals surface area (Å²) in [6, 6.07) is 10.2. The summed E-state index contributed by atoms with van der Waals surface area (Å²) in [6.45, 7) is 3.67. The number of hydrogen-bond donors (Lipinski definition) is 0. The number of fused-ring (bicyclic) bond motifs is 1. The monoisotopic (exact) mass is 375 g/mol. The summed E-state index contributed by atoms with van der Waals surface area (Å²) in [6.07, 6.45) is 3.48. The van der Waals surface area contributed by atoms with Crippen LogP contribution in [0.1, 0.15) is 17.6 Å². The normalized spacial score (nSPS) is 14.5. The Balaban J connectivity index is 1.39. The highest BCUT2D eigenvalue weighted by Gasteiger charge is 2.33. The van der Waals surface area contributed by atoms with Gasteiger partial charge in [0.15, 0.2) is 11.6 Å². The van der Waals surface area contributed by atoms with Gasteiger partial charge in [0.25, 0.3) is 0 Å². The molecule has 1 fully saturated rings. The zero-order chi connectivity index (χ0) is 19.3. The van der Waals surface area contributed by atoms with Crippen LogP contribution in [0, 0.1) is 6.92 Å². The molecule has 4 aromatic rings. The fourth-order valence-electron chi connectivity index (χ4n) is 3.71. The largest absolute Gasteiger partial charge is 0.493 e. The van der Waals surface area contributed by atoms with E-state index in [0.717, 1.165) is 36.1 Å². The third-order valence-electron chi connectivity index (χ3n) is 5.23. The molecular weight excluding hydrogens is 354 g/mol. The highest BCUT2D eigenvalue weighted by Crippen LogP contribution is 2.32. The van der Waals surface area contributed by atoms with Gasteiger partial charge in [-0.25, -0.2) is 19.6 Å². The Morgan fingerprint density at radius 2 is 1.86 bits per heavy atom. The highest BCUT2D eigenvalue weighted by molar-refractivity contribution is 5.76. The first-order chi connectivity index (χ1) is 13.6. The van der Waals surface area contributed by atoms with Crippen molar-refractivity contribution in [1.82, 2.24) is 29.3 Å². The Hall–Kier alpha value is -3.42. The van der Waals surface area contributed by atoms with E-state index in [4.69, 9.17) is 9.72 Å². The van der Waals surface area contributed by atoms with Crippen LogP contribution in [-0.2, 0) is 7.05 Å². The molecule has 0 bridgehead atoms. The molecule has 8 nitrogen and oxygen atoms in total. The Morgan fingerprint density at radius 3 is 2.61 bits per heavy atom. The summed E-state index contributed by atoms with van der Waals surface area (Å²) in [5.74, 6) is 4.57. The number of rotatable bonds is 4. The van der Waals surface area contributed by atoms with E-state index in [2.05, 4.69) is 49.8 Å². The minimum Gasteiger partial charge on any atom is -0.493 e. The minimum absolute atomic E-state index is 0.390. The third-order valence-corrected chi connectivity index (χ3v) is 5.23. The highest BCUT2D eigenvalue weighted by atomic mass is 16.5. The van der Waals surface area contributed by atoms with Crippen LogP contribution in [0.15, 0.2) is 42.7 Å². The van der Waals surface area contributed by atoms with Crippen molar-refractivity contribution in [2.75, 3.05) is 25.1 Å². The van der Waals surface area contributed by atoms with Crippen molar-refractivity contribution >= 4 is 16.9 Å². The maximum atomic E-state index is 5.21. The molecule has 142 valence electrons. The summed E-state index contributed by atoms with van der Waals surface area (Å²) >= 11 is 0. The molecule has 0 N–H and O–H groups in total. The fraction of sp³-hybridized carbons (Fsp3) is 0.300. The lowest BCUT2D eigenvalue weighted by molar-refractivity contribution is 0.414. The second-order valence-electron chi connectivity index (χ2n) is 7.08. The average Bonchev–Trinajstić information content (AvgIpc) is 3.26. The number of benzene rings is 1. The van der Waals surface area contributed by atoms with Crippen LogP contribution >= 0.6 is 0 Å². The zero-order valence-corrected chi connectivity index (χ0v) is 16.1. The molecule has 8 heteroatoms. The molecule has 1 aromatic carbocycles. The number of ether oxygens (including phenoxy) is 1. The Morgan fingerprint density at radius 1 is 1.07 bits per heavy atom. The van der Waals surface area contributed by atoms with Gasteiger partial charge in [-0.05, 0) is 19.1 Å². The predicted octanol–water partition coefficient (Wildman–Crippen LogP) is 2.47. The van der Waals surface area contributed by atoms with Gasteiger partial charge < -0.3 is 14.2 Å². The summed E-state index contributed by atoms with van der Waals surface area (Å²) in [4.78, 5) is 16.2. The quantitative estimate of drug-likeness (QED) is 0.546. The van der Waals surface area contributed by atoms with Gasteiger partial charge in [0.05, 0.1) is 36.5 Å². The first-order valence-corrected chi connectivity index (χ1v) is 9.23. The number of hydrogen-bond acceptors (Lipinski definition) is 6. The number of anilines is 1. The van der Waals surface area contributed by atoms with Crippen LogP contribution < -0.4 is 9.64 Å². The van der Waals surface area contributed by atoms with Crippen molar-refractivity contribution < 1.29 is 4.74 Å². The summed E-state index contributed by atoms with van der Waals surface area (Å²) in [7, 11) is 3.71. The van der Waals surface area contributed by atoms with Crippen LogP contribution in [-0.4, -0.2) is 49.5 Å². The molecule has 28 heavy (non-hydrogen) atoms. The lowest BCUT2D eigenvalue weighted by Gasteiger charge is -2.39. The maximum absolute atomic E-state index is 5.21. The topological polar surface area (TPSA) is 73.9 Å². The molecule has 0 atom stereocenters. The molecular formula is C20H21N7O. The fourth-order valence-corrected chi connectivity index (χ4v) is 3.71. The van der Waals surface area contributed by atoms with E-state index >= 15 is 0 Å². The number of imidazole rings is 1. The van der Waals surface area contributed by atoms with Gasteiger partial charge in [-0.2, -0.15) is 5.10 Å². The number of aryl methyl sites for hydroxylation is 2. The number of nitrogens with zero attached hydrogens (tertiary/aromatic N) is 7. The summed E-state index contributed by atoms with van der Waals surface area (Å²) in [5.41, 5.74) is 2.22. The van der Waals surface area contributed by atoms with E-state index in [1.54, 1.807) is 18.0 Å². The van der Waals surface area contributed by atoms with Crippen LogP contribution in [0.4, 0.5) is 5.82 Å². The van der Waals surface area contributed by atoms with Crippen molar-refractivity contribution in [3.05, 3.63) is 54.4 Å². The van der Waals surface area contributed by atoms with Crippen molar-refractivity contribution in [2.45, 2.75) is 12.8 Å². The van der Waals surface area contributed by atoms with Crippen LogP contribution in [0.5, 0.6) is 5.75 Å². The van der Waals surface area contributed by atoms with Crippen molar-refractivity contribution in [3.8, 4) is 11.6 Å². The first-order valence-electron chi connectivity index (χ1n) is 9.23. The smallest absolute Gasteiger partial charge is 0.159 e. The molecule has 0 spiro atoms. The van der Waals surface area contributed by atoms with Crippen molar-refractivity contribution in [3.63, 3.8) is 0 Å². The predicted molar refractivity (Wildman–Crippen MR) is 106 cm³/mol. The number of para-hydroxylation sites is 2. The molecule has 0 aliphatic carbocycles. The molecule has 1 aliphatic heterocycles. The van der Waals surface area contributed by atoms with Gasteiger partial charge in [-0.1, -0.05) is 12.1 Å². The molecule has 5 rings (SSSR count). The van der Waals surface area contributed by atoms with Crippen molar-refractivity contribution in [2.24, 2.45) is 7.05 Å². The van der Waals surface area contributed by atoms with Gasteiger partial charge in [0, 0.05) is 26.2 Å². The van der Waals surface area contributed by atoms with Gasteiger partial charge in [0.1, 0.15) is 17.5 Å². The minimum atomic E-state index is 0.390. The molecule has 0 amide bonds. The third kappa shape index (κ3) is 2.69. The van der Waals surface area contributed by atoms with Gasteiger partial charge in [0.2, 0.25) is 0 Å². The number of aromatic nitrogens is 6. The van der Waals surface area contributed by atoms with Crippen LogP contribution in [0.25, 0.3) is 16.9 Å². The Kier molecular flexibility index (Phi) is 3.78. The lowest BCUT2D eigenvalue weighted by atomic mass is 9.99. The van der Waals surface area contributed by atoms with E-state index in [-0.39, 0.29) is 0 Å². The van der Waals surface area contributed by atoms with E-state index in [0.29, 0.717) is 17.5 Å². The second-order valence-corrected chi connectivity index (χ2v) is 7.08. The molecule has 3 aromatic heterocycles. The Bertz CT molecular complexity index is 1160. The molecule has 0 saturated carbocycles. The summed E-state index contributed by atoms with van der Waals surface area (Å²) in [5, 5.41) is 4.31. The maximum Gasteiger partial charge on any atom is 0.159 e. The summed E-state index contributed by atoms with van der Waals surface area (Å²) < 4.78 is 9.12. The van der Waals surface area contributed by atoms with Gasteiger partial charge >= 0.3 is 0 Å². The van der Waals surface area contributed by atoms with E-state index in [1.165, 1.54) is 5.52 Å². The van der Waals surface area contributed by atoms with Crippen molar-refractivity contribution in [1.29, 1.82) is 0 Å². The zero-order valence-electron chi connectivity index (χ0n) is 16.1. The number of methoxy groups -OCH3 is 1. The van der Waals surface area contributed by atoms with Gasteiger partial charge in [-0.3, -0.25) is 0 Å². The molecule has 1 saturated heterocycles. The standard InChI is InChI=1S/C20H21N7O/c1-13-22-18(8-19(23-13)27-12-15(28-3)9-21-27)26-10-14(11-26)20-24-16-6-4-5-7-17(16)25(20)2/h4-9,12,14H,10-11H2,1-3H3. The molecule has 0 radical (unpaired) electrons. The van der Waals surface area contributed by atoms with Crippen LogP contribution in [0.2, 0.25) is 0 Å². The molecule has 1 aliphatic rings. The average molecular weight is 375 g/mol. The molecule has 4 heterocycles. The molecule has 0 unspecified atom stereocenters. The SMILES string of the molecule is COc1cnn(-c2cc(N3CC(c4nc5ccccc5n4C)C3)nc(C)n2)c1. The second kappa shape index (κ2) is 6.33. The van der Waals surface area contributed by atoms with Gasteiger partial charge in [-0.15, -0.1) is 0 Å². The van der Waals surface area contributed by atoms with Crippen LogP contribution in [0.3, 0.4) is 0 Å². The lowest BCUT2D eigenvalue weighted by Crippen LogP contribution is -2.46. The Labute approximate surface area is 162 Å². The van der Waals surface area contributed by atoms with E-state index < -0.39 is 0 Å². The van der Waals surface area contributed by atoms with E-state index in [9.17, 15) is 0 Å². The van der Waals surface area contributed by atoms with E-state index in [1.807, 2.05) is 25.3 Å². The first kappa shape index (κ1) is 16.7.